The van der Waals surface area contributed by atoms with Crippen molar-refractivity contribution in [3.63, 3.8) is 0 Å². The smallest absolute Gasteiger partial charge is 0.264 e. The summed E-state index contributed by atoms with van der Waals surface area (Å²) in [5.41, 5.74) is 7.82. The summed E-state index contributed by atoms with van der Waals surface area (Å²) in [6, 6.07) is 14.7. The highest BCUT2D eigenvalue weighted by atomic mass is 32.2. The molecule has 160 valence electrons. The van der Waals surface area contributed by atoms with Gasteiger partial charge in [-0.15, -0.1) is 11.3 Å². The minimum atomic E-state index is -3.90. The fourth-order valence-corrected chi connectivity index (χ4v) is 6.00. The summed E-state index contributed by atoms with van der Waals surface area (Å²) in [5, 5.41) is 2.78. The molecule has 2 amide bonds. The van der Waals surface area contributed by atoms with Gasteiger partial charge in [-0.1, -0.05) is 18.2 Å². The van der Waals surface area contributed by atoms with Crippen molar-refractivity contribution in [3.8, 4) is 10.4 Å². The normalized spacial score (nSPS) is 12.9. The maximum Gasteiger partial charge on any atom is 0.264 e. The Bertz CT molecular complexity index is 1280. The summed E-state index contributed by atoms with van der Waals surface area (Å²) in [4.78, 5) is 25.1. The number of thiophene rings is 1. The van der Waals surface area contributed by atoms with Gasteiger partial charge in [0.1, 0.15) is 0 Å². The number of nitrogens with two attached hydrogens (primary N) is 1. The number of amides is 2. The Morgan fingerprint density at radius 2 is 1.77 bits per heavy atom. The van der Waals surface area contributed by atoms with Crippen molar-refractivity contribution in [2.24, 2.45) is 5.73 Å². The highest BCUT2D eigenvalue weighted by molar-refractivity contribution is 7.92. The van der Waals surface area contributed by atoms with Gasteiger partial charge < -0.3 is 11.1 Å². The van der Waals surface area contributed by atoms with Crippen molar-refractivity contribution < 1.29 is 18.0 Å². The molecule has 0 atom stereocenters. The van der Waals surface area contributed by atoms with E-state index in [0.29, 0.717) is 16.1 Å². The number of hydrogen-bond donors (Lipinski definition) is 2. The van der Waals surface area contributed by atoms with Gasteiger partial charge in [-0.2, -0.15) is 0 Å². The first-order valence-corrected chi connectivity index (χ1v) is 11.9. The first-order chi connectivity index (χ1) is 14.7. The molecule has 0 radical (unpaired) electrons. The highest BCUT2D eigenvalue weighted by Gasteiger charge is 2.33. The number of benzene rings is 2. The fraction of sp³-hybridized carbons (Fsp3) is 0.182. The van der Waals surface area contributed by atoms with Crippen LogP contribution in [0.1, 0.15) is 39.4 Å². The lowest BCUT2D eigenvalue weighted by Crippen LogP contribution is -2.33. The minimum Gasteiger partial charge on any atom is -0.365 e. The maximum absolute atomic E-state index is 13.5. The van der Waals surface area contributed by atoms with E-state index in [1.165, 1.54) is 39.9 Å². The van der Waals surface area contributed by atoms with E-state index in [1.807, 2.05) is 26.0 Å². The van der Waals surface area contributed by atoms with Crippen molar-refractivity contribution >= 4 is 38.9 Å². The average molecular weight is 456 g/mol. The third-order valence-corrected chi connectivity index (χ3v) is 7.91. The molecule has 7 nitrogen and oxygen atoms in total. The van der Waals surface area contributed by atoms with Crippen LogP contribution in [-0.2, 0) is 16.6 Å². The number of hydrogen-bond acceptors (Lipinski definition) is 5. The summed E-state index contributed by atoms with van der Waals surface area (Å²) < 4.78 is 28.3. The predicted octanol–water partition coefficient (Wildman–Crippen LogP) is 3.36. The highest BCUT2D eigenvalue weighted by Crippen LogP contribution is 2.45. The Kier molecular flexibility index (Phi) is 5.32. The lowest BCUT2D eigenvalue weighted by Gasteiger charge is -2.30. The molecule has 3 N–H and O–H groups in total. The quantitative estimate of drug-likeness (QED) is 0.615. The number of nitrogens with one attached hydrogen (secondary N) is 1. The van der Waals surface area contributed by atoms with E-state index in [9.17, 15) is 18.0 Å². The van der Waals surface area contributed by atoms with Gasteiger partial charge in [0.25, 0.3) is 21.8 Å². The van der Waals surface area contributed by atoms with Gasteiger partial charge >= 0.3 is 0 Å². The second-order valence-corrected chi connectivity index (χ2v) is 10.4. The van der Waals surface area contributed by atoms with Gasteiger partial charge in [0.2, 0.25) is 0 Å². The van der Waals surface area contributed by atoms with Crippen molar-refractivity contribution in [3.05, 3.63) is 70.6 Å². The molecule has 2 heterocycles. The Balaban J connectivity index is 1.73. The fourth-order valence-electron chi connectivity index (χ4n) is 3.48. The molecule has 0 aliphatic carbocycles. The molecule has 0 saturated heterocycles. The van der Waals surface area contributed by atoms with E-state index in [1.54, 1.807) is 18.2 Å². The van der Waals surface area contributed by atoms with Crippen molar-refractivity contribution in [1.82, 2.24) is 5.32 Å². The molecule has 1 aliphatic rings. The van der Waals surface area contributed by atoms with Gasteiger partial charge in [-0.05, 0) is 55.8 Å². The summed E-state index contributed by atoms with van der Waals surface area (Å²) in [6.45, 7) is 3.80. The van der Waals surface area contributed by atoms with E-state index in [-0.39, 0.29) is 23.4 Å². The number of carbonyl (C=O) groups excluding carboxylic acids is 2. The zero-order valence-corrected chi connectivity index (χ0v) is 18.6. The number of nitrogens with zero attached hydrogens (tertiary/aromatic N) is 1. The first-order valence-electron chi connectivity index (χ1n) is 9.64. The molecule has 31 heavy (non-hydrogen) atoms. The number of sulfonamides is 1. The van der Waals surface area contributed by atoms with E-state index >= 15 is 0 Å². The van der Waals surface area contributed by atoms with Crippen LogP contribution in [0.5, 0.6) is 0 Å². The molecule has 1 aromatic heterocycles. The van der Waals surface area contributed by atoms with E-state index in [4.69, 9.17) is 5.73 Å². The Morgan fingerprint density at radius 1 is 1.10 bits per heavy atom. The molecule has 0 saturated carbocycles. The first kappa shape index (κ1) is 21.1. The molecule has 0 unspecified atom stereocenters. The summed E-state index contributed by atoms with van der Waals surface area (Å²) in [5.74, 6) is -0.800. The van der Waals surface area contributed by atoms with Crippen LogP contribution in [-0.4, -0.2) is 26.3 Å². The van der Waals surface area contributed by atoms with E-state index in [0.717, 1.165) is 16.0 Å². The van der Waals surface area contributed by atoms with Crippen LogP contribution in [0, 0.1) is 0 Å². The lowest BCUT2D eigenvalue weighted by atomic mass is 10.0. The third kappa shape index (κ3) is 3.82. The molecule has 0 fully saturated rings. The summed E-state index contributed by atoms with van der Waals surface area (Å²) >= 11 is 1.26. The number of carbonyl (C=O) groups is 2. The van der Waals surface area contributed by atoms with Crippen LogP contribution < -0.4 is 15.4 Å². The Hall–Kier alpha value is -3.17. The summed E-state index contributed by atoms with van der Waals surface area (Å²) in [6.07, 6.45) is 0. The number of anilines is 1. The Labute approximate surface area is 184 Å². The molecule has 0 bridgehead atoms. The number of fused-ring (bicyclic) bond motifs is 3. The monoisotopic (exact) mass is 455 g/mol. The molecular formula is C22H21N3O4S2. The topological polar surface area (TPSA) is 110 Å². The molecule has 0 spiro atoms. The molecule has 4 rings (SSSR count). The molecular weight excluding hydrogens is 434 g/mol. The van der Waals surface area contributed by atoms with Gasteiger partial charge in [0, 0.05) is 22.0 Å². The Morgan fingerprint density at radius 3 is 2.42 bits per heavy atom. The van der Waals surface area contributed by atoms with Crippen LogP contribution >= 0.6 is 11.3 Å². The van der Waals surface area contributed by atoms with Gasteiger partial charge in [-0.25, -0.2) is 8.42 Å². The van der Waals surface area contributed by atoms with Gasteiger partial charge in [-0.3, -0.25) is 13.9 Å². The van der Waals surface area contributed by atoms with Crippen molar-refractivity contribution in [1.29, 1.82) is 0 Å². The SMILES string of the molecule is CC(C)NC(=O)c1ccc(S(=O)(=O)N2Cc3cc(C(N)=O)sc3-c3ccccc32)cc1. The average Bonchev–Trinajstić information content (AvgIpc) is 3.18. The number of rotatable bonds is 5. The molecule has 2 aromatic carbocycles. The third-order valence-electron chi connectivity index (χ3n) is 4.91. The van der Waals surface area contributed by atoms with Crippen LogP contribution in [0.25, 0.3) is 10.4 Å². The number of primary amides is 1. The van der Waals surface area contributed by atoms with Crippen LogP contribution in [0.3, 0.4) is 0 Å². The van der Waals surface area contributed by atoms with Gasteiger partial charge in [0.05, 0.1) is 22.0 Å². The molecule has 3 aromatic rings. The van der Waals surface area contributed by atoms with E-state index < -0.39 is 15.9 Å². The zero-order valence-electron chi connectivity index (χ0n) is 17.0. The van der Waals surface area contributed by atoms with Crippen LogP contribution in [0.2, 0.25) is 0 Å². The largest absolute Gasteiger partial charge is 0.365 e. The predicted molar refractivity (Wildman–Crippen MR) is 121 cm³/mol. The molecule has 9 heteroatoms. The summed E-state index contributed by atoms with van der Waals surface area (Å²) in [7, 11) is -3.90. The minimum absolute atomic E-state index is 0.0224. The standard InChI is InChI=1S/C22H21N3O4S2/c1-13(2)24-22(27)14-7-9-16(10-8-14)31(28,29)25-12-15-11-19(21(23)26)30-20(15)17-5-3-4-6-18(17)25/h3-11,13H,12H2,1-2H3,(H2,23,26)(H,24,27). The van der Waals surface area contributed by atoms with Crippen molar-refractivity contribution in [2.45, 2.75) is 31.3 Å². The second kappa shape index (κ2) is 7.82. The maximum atomic E-state index is 13.5. The van der Waals surface area contributed by atoms with Crippen LogP contribution in [0.4, 0.5) is 5.69 Å². The van der Waals surface area contributed by atoms with Gasteiger partial charge in [0.15, 0.2) is 0 Å². The van der Waals surface area contributed by atoms with Crippen molar-refractivity contribution in [2.75, 3.05) is 4.31 Å². The number of para-hydroxylation sites is 1. The zero-order chi connectivity index (χ0) is 22.3. The second-order valence-electron chi connectivity index (χ2n) is 7.51. The van der Waals surface area contributed by atoms with Crippen LogP contribution in [0.15, 0.2) is 59.5 Å². The van der Waals surface area contributed by atoms with E-state index in [2.05, 4.69) is 5.32 Å². The molecule has 1 aliphatic heterocycles. The lowest BCUT2D eigenvalue weighted by molar-refractivity contribution is 0.0942.